The number of aliphatic imine (C=N–C) groups is 1. The predicted molar refractivity (Wildman–Crippen MR) is 92.6 cm³/mol. The fraction of sp³-hybridized carbons (Fsp3) is 0.188. The minimum Gasteiger partial charge on any atom is -0.872 e. The van der Waals surface area contributed by atoms with Crippen LogP contribution in [0.5, 0.6) is 5.75 Å². The highest BCUT2D eigenvalue weighted by atomic mass is 35.5. The highest BCUT2D eigenvalue weighted by molar-refractivity contribution is 7.98. The van der Waals surface area contributed by atoms with Crippen molar-refractivity contribution in [1.29, 1.82) is 0 Å². The molecule has 2 rings (SSSR count). The third-order valence-corrected chi connectivity index (χ3v) is 4.24. The molecule has 0 bridgehead atoms. The van der Waals surface area contributed by atoms with Gasteiger partial charge in [0.1, 0.15) is 0 Å². The Balaban J connectivity index is 1.79. The summed E-state index contributed by atoms with van der Waals surface area (Å²) in [4.78, 5) is 14.3. The molecule has 120 valence electrons. The zero-order valence-corrected chi connectivity index (χ0v) is 13.7. The maximum Gasteiger partial charge on any atom is 0.270 e. The molecule has 0 aliphatic rings. The monoisotopic (exact) mass is 349 g/mol. The lowest BCUT2D eigenvalue weighted by molar-refractivity contribution is -0.385. The quantitative estimate of drug-likeness (QED) is 0.330. The maximum absolute atomic E-state index is 11.6. The first kappa shape index (κ1) is 17.3. The molecule has 23 heavy (non-hydrogen) atoms. The second-order valence-electron chi connectivity index (χ2n) is 4.69. The lowest BCUT2D eigenvalue weighted by Crippen LogP contribution is -1.99. The van der Waals surface area contributed by atoms with Crippen molar-refractivity contribution in [3.8, 4) is 5.75 Å². The second kappa shape index (κ2) is 8.55. The van der Waals surface area contributed by atoms with Gasteiger partial charge in [0.25, 0.3) is 5.69 Å². The minimum absolute atomic E-state index is 0.108. The van der Waals surface area contributed by atoms with E-state index in [4.69, 9.17) is 11.6 Å². The Kier molecular flexibility index (Phi) is 6.43. The number of non-ortho nitro benzene ring substituents is 1. The topological polar surface area (TPSA) is 78.6 Å². The summed E-state index contributed by atoms with van der Waals surface area (Å²) in [7, 11) is 0. The fourth-order valence-corrected chi connectivity index (χ4v) is 2.73. The first-order chi connectivity index (χ1) is 11.1. The zero-order chi connectivity index (χ0) is 16.7. The average Bonchev–Trinajstić information content (AvgIpc) is 2.53. The van der Waals surface area contributed by atoms with Gasteiger partial charge in [-0.2, -0.15) is 11.8 Å². The normalized spacial score (nSPS) is 11.0. The van der Waals surface area contributed by atoms with Crippen LogP contribution < -0.4 is 5.11 Å². The third-order valence-electron chi connectivity index (χ3n) is 2.98. The van der Waals surface area contributed by atoms with Crippen LogP contribution >= 0.6 is 23.4 Å². The van der Waals surface area contributed by atoms with Crippen molar-refractivity contribution < 1.29 is 10.0 Å². The Morgan fingerprint density at radius 3 is 2.65 bits per heavy atom. The summed E-state index contributed by atoms with van der Waals surface area (Å²) in [5, 5.41) is 23.0. The van der Waals surface area contributed by atoms with E-state index in [2.05, 4.69) is 4.99 Å². The van der Waals surface area contributed by atoms with Crippen molar-refractivity contribution in [2.75, 3.05) is 12.3 Å². The number of benzene rings is 2. The molecule has 0 aliphatic heterocycles. The first-order valence-electron chi connectivity index (χ1n) is 6.84. The standard InChI is InChI=1S/C16H15ClN2O3S/c17-14-3-1-12(2-4-14)11-23-8-7-18-10-13-9-15(19(21)22)5-6-16(13)20/h1-6,9-10,20H,7-8,11H2/p-1. The van der Waals surface area contributed by atoms with Crippen LogP contribution in [0, 0.1) is 10.1 Å². The van der Waals surface area contributed by atoms with Gasteiger partial charge in [0.2, 0.25) is 0 Å². The van der Waals surface area contributed by atoms with Gasteiger partial charge in [-0.15, -0.1) is 0 Å². The Morgan fingerprint density at radius 1 is 1.22 bits per heavy atom. The molecule has 0 heterocycles. The molecule has 0 amide bonds. The van der Waals surface area contributed by atoms with E-state index in [1.807, 2.05) is 24.3 Å². The van der Waals surface area contributed by atoms with Crippen LogP contribution in [0.2, 0.25) is 5.02 Å². The summed E-state index contributed by atoms with van der Waals surface area (Å²) in [5.74, 6) is 1.38. The van der Waals surface area contributed by atoms with Crippen LogP contribution in [0.15, 0.2) is 47.5 Å². The Hall–Kier alpha value is -2.05. The SMILES string of the molecule is O=[N+]([O-])c1ccc([O-])c(C=NCCSCc2ccc(Cl)cc2)c1. The van der Waals surface area contributed by atoms with Crippen LogP contribution in [-0.2, 0) is 5.75 Å². The molecule has 0 unspecified atom stereocenters. The molecule has 5 nitrogen and oxygen atoms in total. The molecule has 0 fully saturated rings. The molecule has 0 atom stereocenters. The van der Waals surface area contributed by atoms with Crippen LogP contribution in [0.1, 0.15) is 11.1 Å². The molecule has 2 aromatic carbocycles. The number of thioether (sulfide) groups is 1. The number of rotatable bonds is 7. The number of nitro benzene ring substituents is 1. The van der Waals surface area contributed by atoms with Crippen molar-refractivity contribution in [2.45, 2.75) is 5.75 Å². The van der Waals surface area contributed by atoms with E-state index in [-0.39, 0.29) is 17.0 Å². The number of nitro groups is 1. The fourth-order valence-electron chi connectivity index (χ4n) is 1.80. The van der Waals surface area contributed by atoms with Crippen molar-refractivity contribution in [2.24, 2.45) is 4.99 Å². The van der Waals surface area contributed by atoms with E-state index in [0.717, 1.165) is 11.5 Å². The largest absolute Gasteiger partial charge is 0.872 e. The van der Waals surface area contributed by atoms with Gasteiger partial charge in [-0.3, -0.25) is 15.1 Å². The first-order valence-corrected chi connectivity index (χ1v) is 8.37. The van der Waals surface area contributed by atoms with Gasteiger partial charge in [-0.25, -0.2) is 0 Å². The van der Waals surface area contributed by atoms with Crippen LogP contribution in [-0.4, -0.2) is 23.4 Å². The van der Waals surface area contributed by atoms with E-state index in [1.165, 1.54) is 30.0 Å². The molecule has 0 N–H and O–H groups in total. The molecule has 0 saturated carbocycles. The van der Waals surface area contributed by atoms with Crippen molar-refractivity contribution in [1.82, 2.24) is 0 Å². The lowest BCUT2D eigenvalue weighted by atomic mass is 10.2. The predicted octanol–water partition coefficient (Wildman–Crippen LogP) is 3.67. The molecule has 0 aromatic heterocycles. The highest BCUT2D eigenvalue weighted by Crippen LogP contribution is 2.19. The summed E-state index contributed by atoms with van der Waals surface area (Å²) in [6, 6.07) is 11.3. The highest BCUT2D eigenvalue weighted by Gasteiger charge is 2.05. The van der Waals surface area contributed by atoms with E-state index >= 15 is 0 Å². The molecule has 7 heteroatoms. The summed E-state index contributed by atoms with van der Waals surface area (Å²) < 4.78 is 0. The number of nitrogens with zero attached hydrogens (tertiary/aromatic N) is 2. The van der Waals surface area contributed by atoms with E-state index in [0.29, 0.717) is 11.6 Å². The van der Waals surface area contributed by atoms with E-state index in [9.17, 15) is 15.2 Å². The number of halogens is 1. The lowest BCUT2D eigenvalue weighted by Gasteiger charge is -2.08. The van der Waals surface area contributed by atoms with Gasteiger partial charge in [-0.1, -0.05) is 35.5 Å². The van der Waals surface area contributed by atoms with Gasteiger partial charge in [-0.05, 0) is 23.3 Å². The molecular formula is C16H14ClN2O3S-. The van der Waals surface area contributed by atoms with Gasteiger partial charge in [0, 0.05) is 41.4 Å². The molecule has 0 aliphatic carbocycles. The minimum atomic E-state index is -0.529. The second-order valence-corrected chi connectivity index (χ2v) is 6.24. The molecule has 0 spiro atoms. The number of hydrogen-bond donors (Lipinski definition) is 0. The Morgan fingerprint density at radius 2 is 1.96 bits per heavy atom. The third kappa shape index (κ3) is 5.58. The maximum atomic E-state index is 11.6. The Bertz CT molecular complexity index is 705. The summed E-state index contributed by atoms with van der Waals surface area (Å²) in [5.41, 5.74) is 1.31. The van der Waals surface area contributed by atoms with Gasteiger partial charge in [0.15, 0.2) is 0 Å². The molecular weight excluding hydrogens is 336 g/mol. The van der Waals surface area contributed by atoms with Crippen LogP contribution in [0.4, 0.5) is 5.69 Å². The van der Waals surface area contributed by atoms with Crippen LogP contribution in [0.25, 0.3) is 0 Å². The summed E-state index contributed by atoms with van der Waals surface area (Å²) >= 11 is 7.54. The van der Waals surface area contributed by atoms with Crippen molar-refractivity contribution in [3.63, 3.8) is 0 Å². The number of hydrogen-bond acceptors (Lipinski definition) is 5. The zero-order valence-electron chi connectivity index (χ0n) is 12.1. The average molecular weight is 350 g/mol. The van der Waals surface area contributed by atoms with Crippen molar-refractivity contribution in [3.05, 3.63) is 68.7 Å². The smallest absolute Gasteiger partial charge is 0.270 e. The molecule has 0 radical (unpaired) electrons. The molecule has 2 aromatic rings. The van der Waals surface area contributed by atoms with Gasteiger partial charge >= 0.3 is 0 Å². The Labute approximate surface area is 143 Å². The van der Waals surface area contributed by atoms with Crippen molar-refractivity contribution >= 4 is 35.3 Å². The van der Waals surface area contributed by atoms with E-state index in [1.54, 1.807) is 11.8 Å². The van der Waals surface area contributed by atoms with Crippen LogP contribution in [0.3, 0.4) is 0 Å². The van der Waals surface area contributed by atoms with E-state index < -0.39 is 4.92 Å². The molecule has 0 saturated heterocycles. The summed E-state index contributed by atoms with van der Waals surface area (Å²) in [6.07, 6.45) is 1.40. The van der Waals surface area contributed by atoms with Gasteiger partial charge in [0.05, 0.1) is 4.92 Å². The van der Waals surface area contributed by atoms with Gasteiger partial charge < -0.3 is 5.11 Å². The summed E-state index contributed by atoms with van der Waals surface area (Å²) in [6.45, 7) is 0.542.